The number of halogens is 3. The Morgan fingerprint density at radius 2 is 0.867 bits per heavy atom. The normalized spacial score (nSPS) is 21.6. The fourth-order valence-electron chi connectivity index (χ4n) is 18.1. The van der Waals surface area contributed by atoms with E-state index in [0.717, 1.165) is 166 Å². The molecule has 3 aliphatic carbocycles. The molecular formula is C83H94Cl3N25O9. The number of aryl methyl sites for hydroxylation is 1. The molecule has 16 heterocycles. The lowest BCUT2D eigenvalue weighted by atomic mass is 9.83. The van der Waals surface area contributed by atoms with Gasteiger partial charge in [-0.2, -0.15) is 4.98 Å². The number of rotatable bonds is 18. The van der Waals surface area contributed by atoms with E-state index in [1.165, 1.54) is 38.5 Å². The third-order valence-corrected chi connectivity index (χ3v) is 25.0. The Hall–Kier alpha value is -11.5. The van der Waals surface area contributed by atoms with Crippen molar-refractivity contribution in [3.8, 4) is 68.3 Å². The van der Waals surface area contributed by atoms with Crippen LogP contribution in [0.2, 0.25) is 15.1 Å². The molecule has 3 saturated carbocycles. The maximum Gasteiger partial charge on any atom is 0.439 e. The topological polar surface area (TPSA) is 406 Å². The van der Waals surface area contributed by atoms with E-state index < -0.39 is 17.3 Å². The molecule has 3 aliphatic heterocycles. The Labute approximate surface area is 703 Å². The molecule has 0 radical (unpaired) electrons. The van der Waals surface area contributed by atoms with Crippen molar-refractivity contribution < 1.29 is 27.7 Å². The Balaban J connectivity index is 0.000000128. The standard InChI is InChI=1S/C28H30ClN9O3.C28H33ClN8O3.C27H31ClN8O3/c1-15-5-7-17(8-6-15)14-38-24-20(33-27(38)37-9-3-4-22(37)26-31-16(2)35-40-26)11-21(25-34-28(39)41-36-25)32-23(24)18-10-19(29)13-30-12-18;1-3-31-26(38)22-5-4-10-36(22)27-33-20-12-21(25-34-28(39)40-35-25)32-23(18-11-19(29)14-30-13-18)24(20)37(27)15-17-8-6-16(2)7-9-17;1-15-4-6-17(7-5-15)13-36-24-20(31-26(36)35-14-22(37)34(3)12-16(35)2)9-21(25-32-27(38)39-33-25)30-23(24)18-8-19(28)11-29-10-18/h10-13,15,17,22H,3-9,14H2,1-2H3,(H,34,36,39);11-14,16-17,22H,3-10,15H2,1-2H3,(H,31,38)(H,34,35,39);8-11,15-17H,4-7,12-14H2,1-3H3,(H,32,33,38)/t;16?,17?,22-;15?,16-,17?/m.11/s1. The average Bonchev–Trinajstić information content (AvgIpc) is 1.60. The number of amides is 2. The van der Waals surface area contributed by atoms with Crippen LogP contribution in [-0.4, -0.2) is 168 Å². The number of likely N-dealkylation sites (N-methyl/N-ethyl adjacent to an activating group) is 2. The minimum Gasteiger partial charge on any atom is -0.355 e. The summed E-state index contributed by atoms with van der Waals surface area (Å²) in [4.78, 5) is 125. The summed E-state index contributed by atoms with van der Waals surface area (Å²) in [6.07, 6.45) is 27.5. The number of fused-ring (bicyclic) bond motifs is 3. The minimum absolute atomic E-state index is 0.0170. The summed E-state index contributed by atoms with van der Waals surface area (Å²) >= 11 is 19.1. The summed E-state index contributed by atoms with van der Waals surface area (Å²) < 4.78 is 26.7. The number of aromatic amines is 3. The fraction of sp³-hybridized carbons (Fsp3) is 0.482. The highest BCUT2D eigenvalue weighted by atomic mass is 35.5. The average molecular weight is 1690 g/mol. The van der Waals surface area contributed by atoms with Crippen LogP contribution < -0.4 is 37.3 Å². The molecule has 0 bridgehead atoms. The molecule has 6 fully saturated rings. The van der Waals surface area contributed by atoms with Gasteiger partial charge in [0.1, 0.15) is 35.7 Å². The summed E-state index contributed by atoms with van der Waals surface area (Å²) in [5.74, 6) is 5.95. The highest BCUT2D eigenvalue weighted by molar-refractivity contribution is 6.31. The van der Waals surface area contributed by atoms with Crippen molar-refractivity contribution >= 4 is 97.6 Å². The van der Waals surface area contributed by atoms with Crippen LogP contribution in [-0.2, 0) is 29.2 Å². The van der Waals surface area contributed by atoms with Crippen LogP contribution >= 0.6 is 34.8 Å². The van der Waals surface area contributed by atoms with Gasteiger partial charge in [0, 0.05) is 113 Å². The van der Waals surface area contributed by atoms with Crippen molar-refractivity contribution in [2.45, 2.75) is 182 Å². The molecule has 13 aromatic heterocycles. The van der Waals surface area contributed by atoms with E-state index in [1.54, 1.807) is 48.1 Å². The zero-order chi connectivity index (χ0) is 83.1. The van der Waals surface area contributed by atoms with Gasteiger partial charge in [-0.1, -0.05) is 115 Å². The predicted octanol–water partition coefficient (Wildman–Crippen LogP) is 13.8. The number of carbonyl (C=O) groups excluding carboxylic acids is 2. The second-order valence-corrected chi connectivity index (χ2v) is 34.5. The van der Waals surface area contributed by atoms with Crippen LogP contribution in [0.15, 0.2) is 106 Å². The maximum absolute atomic E-state index is 13.1. The molecule has 0 aromatic carbocycles. The van der Waals surface area contributed by atoms with Gasteiger partial charge in [0.25, 0.3) is 0 Å². The van der Waals surface area contributed by atoms with E-state index in [1.807, 2.05) is 51.2 Å². The summed E-state index contributed by atoms with van der Waals surface area (Å²) in [5.41, 5.74) is 9.98. The molecule has 3 atom stereocenters. The Kier molecular flexibility index (Phi) is 23.4. The van der Waals surface area contributed by atoms with Gasteiger partial charge in [-0.25, -0.2) is 44.3 Å². The minimum atomic E-state index is -0.666. The quantitative estimate of drug-likeness (QED) is 0.0620. The smallest absolute Gasteiger partial charge is 0.355 e. The number of pyridine rings is 6. The predicted molar refractivity (Wildman–Crippen MR) is 451 cm³/mol. The molecule has 6 aliphatic rings. The SMILES string of the molecule is CC1CCC(Cn2c(N3CC(=O)N(C)C[C@H]3C)nc3cc(-c4noc(=O)[nH]4)nc(-c4cncc(Cl)c4)c32)CC1.CCNC(=O)[C@H]1CCCN1c1nc2cc(-c3noc(=O)[nH]3)nc(-c3cncc(Cl)c3)c2n1CC1CCC(C)CC1.Cc1noc(C2CCCN2c2nc3cc(-c4noc(=O)[nH]4)nc(-c4cncc(Cl)c4)c3n2CC2CCC(C)CC2)n1. The van der Waals surface area contributed by atoms with E-state index in [-0.39, 0.29) is 54.0 Å². The molecule has 37 heteroatoms. The third-order valence-electron chi connectivity index (χ3n) is 24.4. The van der Waals surface area contributed by atoms with Crippen LogP contribution in [0, 0.1) is 42.4 Å². The summed E-state index contributed by atoms with van der Waals surface area (Å²) in [6, 6.07) is 10.6. The van der Waals surface area contributed by atoms with Crippen LogP contribution in [0.3, 0.4) is 0 Å². The van der Waals surface area contributed by atoms with Crippen molar-refractivity contribution in [3.63, 3.8) is 0 Å². The van der Waals surface area contributed by atoms with Gasteiger partial charge in [-0.3, -0.25) is 53.1 Å². The highest BCUT2D eigenvalue weighted by Gasteiger charge is 2.40. The van der Waals surface area contributed by atoms with Gasteiger partial charge in [0.2, 0.25) is 53.0 Å². The molecule has 4 N–H and O–H groups in total. The zero-order valence-electron chi connectivity index (χ0n) is 67.8. The number of nitrogens with zero attached hydrogens (tertiary/aromatic N) is 21. The molecule has 0 spiro atoms. The van der Waals surface area contributed by atoms with Gasteiger partial charge in [-0.15, -0.1) is 0 Å². The number of piperazine rings is 1. The number of imidazole rings is 3. The maximum atomic E-state index is 13.1. The summed E-state index contributed by atoms with van der Waals surface area (Å²) in [6.45, 7) is 18.1. The highest BCUT2D eigenvalue weighted by Crippen LogP contribution is 2.45. The second kappa shape index (κ2) is 34.7. The molecule has 19 rings (SSSR count). The van der Waals surface area contributed by atoms with E-state index in [9.17, 15) is 24.0 Å². The first-order valence-corrected chi connectivity index (χ1v) is 42.6. The summed E-state index contributed by atoms with van der Waals surface area (Å²) in [5, 5.41) is 20.1. The Morgan fingerprint density at radius 3 is 1.24 bits per heavy atom. The van der Waals surface area contributed by atoms with Gasteiger partial charge >= 0.3 is 17.3 Å². The monoisotopic (exact) mass is 1690 g/mol. The van der Waals surface area contributed by atoms with E-state index in [0.29, 0.717) is 108 Å². The zero-order valence-corrected chi connectivity index (χ0v) is 70.1. The molecule has 13 aromatic rings. The lowest BCUT2D eigenvalue weighted by Gasteiger charge is -2.39. The Morgan fingerprint density at radius 1 is 0.475 bits per heavy atom. The Bertz CT molecular complexity index is 6090. The van der Waals surface area contributed by atoms with Crippen molar-refractivity contribution in [3.05, 3.63) is 132 Å². The van der Waals surface area contributed by atoms with E-state index >= 15 is 0 Å². The first-order valence-electron chi connectivity index (χ1n) is 41.5. The van der Waals surface area contributed by atoms with Gasteiger partial charge in [0.15, 0.2) is 5.82 Å². The van der Waals surface area contributed by atoms with Crippen LogP contribution in [0.25, 0.3) is 101 Å². The van der Waals surface area contributed by atoms with Crippen molar-refractivity contribution in [1.82, 2.24) is 109 Å². The third kappa shape index (κ3) is 17.1. The lowest BCUT2D eigenvalue weighted by Crippen LogP contribution is -2.54. The van der Waals surface area contributed by atoms with Crippen LogP contribution in [0.1, 0.15) is 155 Å². The number of aromatic nitrogens is 20. The lowest BCUT2D eigenvalue weighted by molar-refractivity contribution is -0.130. The number of hydrogen-bond acceptors (Lipinski definition) is 26. The van der Waals surface area contributed by atoms with E-state index in [2.05, 4.69) is 117 Å². The number of H-pyrrole nitrogens is 3. The molecule has 120 heavy (non-hydrogen) atoms. The second-order valence-electron chi connectivity index (χ2n) is 33.2. The summed E-state index contributed by atoms with van der Waals surface area (Å²) in [7, 11) is 1.83. The van der Waals surface area contributed by atoms with Gasteiger partial charge < -0.3 is 43.1 Å². The molecule has 2 amide bonds. The fourth-order valence-corrected chi connectivity index (χ4v) is 18.6. The first-order chi connectivity index (χ1) is 58.1. The van der Waals surface area contributed by atoms with Crippen LogP contribution in [0.4, 0.5) is 17.8 Å². The van der Waals surface area contributed by atoms with E-state index in [4.69, 9.17) is 82.8 Å². The number of hydrogen-bond donors (Lipinski definition) is 4. The first kappa shape index (κ1) is 80.9. The molecule has 3 saturated heterocycles. The molecule has 34 nitrogen and oxygen atoms in total. The van der Waals surface area contributed by atoms with Crippen molar-refractivity contribution in [1.29, 1.82) is 0 Å². The largest absolute Gasteiger partial charge is 0.439 e. The van der Waals surface area contributed by atoms with Crippen LogP contribution in [0.5, 0.6) is 0 Å². The molecular weight excluding hydrogens is 1600 g/mol. The molecule has 1 unspecified atom stereocenters. The molecule has 626 valence electrons. The van der Waals surface area contributed by atoms with Crippen molar-refractivity contribution in [2.75, 3.05) is 54.5 Å². The van der Waals surface area contributed by atoms with Crippen molar-refractivity contribution in [2.24, 2.45) is 35.5 Å². The number of anilines is 3. The van der Waals surface area contributed by atoms with Gasteiger partial charge in [-0.05, 0) is 157 Å². The number of carbonyl (C=O) groups is 2. The van der Waals surface area contributed by atoms with Gasteiger partial charge in [0.05, 0.1) is 65.2 Å². The number of nitrogens with one attached hydrogen (secondary N) is 4.